The van der Waals surface area contributed by atoms with Crippen LogP contribution >= 0.6 is 0 Å². The molecular weight excluding hydrogens is 590 g/mol. The number of imidazole rings is 2. The number of nitrogens with two attached hydrogens (primary N) is 1. The molecule has 4 aromatic heterocycles. The molecule has 2 aliphatic heterocycles. The van der Waals surface area contributed by atoms with Crippen molar-refractivity contribution in [3.05, 3.63) is 25.3 Å². The molecule has 6 heterocycles. The topological polar surface area (TPSA) is 228 Å². The van der Waals surface area contributed by atoms with Gasteiger partial charge < -0.3 is 35.5 Å². The van der Waals surface area contributed by atoms with Crippen molar-refractivity contribution in [1.82, 2.24) is 39.0 Å². The van der Waals surface area contributed by atoms with Crippen molar-refractivity contribution in [2.45, 2.75) is 76.4 Å². The van der Waals surface area contributed by atoms with Gasteiger partial charge in [-0.05, 0) is 6.42 Å². The molecular formula is C25H30F2N10O7. The van der Waals surface area contributed by atoms with E-state index in [-0.39, 0.29) is 17.5 Å². The zero-order chi connectivity index (χ0) is 31.7. The summed E-state index contributed by atoms with van der Waals surface area (Å²) in [6, 6.07) is 0. The SMILES string of the molecule is CC[C@H]1O[C@@H](n2cnc3c(NC(C)=O)ncnc32)[C@@H](F)C1OC(C)=O.Nc1ncnc2c1ncn2[C@@H]1O[C@H](CO)C(O)[C@@H]1F. The number of nitrogen functional groups attached to an aromatic ring is 1. The number of rotatable bonds is 6. The van der Waals surface area contributed by atoms with Crippen molar-refractivity contribution in [2.75, 3.05) is 17.7 Å². The van der Waals surface area contributed by atoms with Crippen molar-refractivity contribution in [1.29, 1.82) is 0 Å². The van der Waals surface area contributed by atoms with E-state index in [4.69, 9.17) is 25.1 Å². The third-order valence-electron chi connectivity index (χ3n) is 7.03. The summed E-state index contributed by atoms with van der Waals surface area (Å²) < 4.78 is 47.7. The fraction of sp³-hybridized carbons (Fsp3) is 0.520. The van der Waals surface area contributed by atoms with Crippen LogP contribution in [0, 0.1) is 0 Å². The number of hydrogen-bond acceptors (Lipinski definition) is 14. The monoisotopic (exact) mass is 620 g/mol. The number of aromatic nitrogens is 8. The average Bonchev–Trinajstić information content (AvgIpc) is 3.75. The Kier molecular flexibility index (Phi) is 8.90. The number of fused-ring (bicyclic) bond motifs is 2. The molecule has 0 radical (unpaired) electrons. The van der Waals surface area contributed by atoms with E-state index in [1.807, 2.05) is 6.92 Å². The first-order chi connectivity index (χ1) is 21.0. The van der Waals surface area contributed by atoms with Crippen LogP contribution in [0.25, 0.3) is 22.3 Å². The van der Waals surface area contributed by atoms with Crippen molar-refractivity contribution in [3.63, 3.8) is 0 Å². The second-order valence-electron chi connectivity index (χ2n) is 9.98. The smallest absolute Gasteiger partial charge is 0.303 e. The largest absolute Gasteiger partial charge is 0.456 e. The van der Waals surface area contributed by atoms with E-state index < -0.39 is 61.8 Å². The zero-order valence-corrected chi connectivity index (χ0v) is 23.7. The Morgan fingerprint density at radius 1 is 0.955 bits per heavy atom. The van der Waals surface area contributed by atoms with Gasteiger partial charge >= 0.3 is 5.97 Å². The molecule has 6 rings (SSSR count). The Hall–Kier alpha value is -4.46. The summed E-state index contributed by atoms with van der Waals surface area (Å²) in [7, 11) is 0. The fourth-order valence-electron chi connectivity index (χ4n) is 5.01. The van der Waals surface area contributed by atoms with Crippen LogP contribution in [0.15, 0.2) is 25.3 Å². The Labute approximate surface area is 247 Å². The molecule has 236 valence electrons. The molecule has 0 aliphatic carbocycles. The highest BCUT2D eigenvalue weighted by molar-refractivity contribution is 5.95. The van der Waals surface area contributed by atoms with Crippen LogP contribution < -0.4 is 11.1 Å². The molecule has 19 heteroatoms. The minimum atomic E-state index is -1.69. The highest BCUT2D eigenvalue weighted by Crippen LogP contribution is 2.37. The standard InChI is InChI=1S/C15H18FN5O4.C10H12FN5O3/c1-4-9-12(24-8(3)23)10(16)15(25-9)21-6-19-11-13(20-7(2)22)17-5-18-14(11)21;11-5-7(18)4(1-17)19-10(5)16-3-15-6-8(12)13-2-14-9(6)16/h5-6,9-10,12,15H,4H2,1-3H3,(H,17,18,20,22);2-5,7,10,17-18H,1H2,(H2,12,13,14)/t9-,10+,12?,15-;4-,5+,7?,10-/m11/s1. The minimum Gasteiger partial charge on any atom is -0.456 e. The van der Waals surface area contributed by atoms with E-state index in [2.05, 4.69) is 35.2 Å². The maximum Gasteiger partial charge on any atom is 0.303 e. The lowest BCUT2D eigenvalue weighted by Crippen LogP contribution is -2.33. The molecule has 5 N–H and O–H groups in total. The lowest BCUT2D eigenvalue weighted by atomic mass is 10.1. The van der Waals surface area contributed by atoms with Gasteiger partial charge in [-0.25, -0.2) is 38.7 Å². The van der Waals surface area contributed by atoms with E-state index in [0.717, 1.165) is 0 Å². The van der Waals surface area contributed by atoms with Crippen LogP contribution in [0.3, 0.4) is 0 Å². The first-order valence-electron chi connectivity index (χ1n) is 13.5. The van der Waals surface area contributed by atoms with Crippen LogP contribution in [-0.4, -0.2) is 104 Å². The molecule has 0 spiro atoms. The number of nitrogens with one attached hydrogen (secondary N) is 1. The highest BCUT2D eigenvalue weighted by atomic mass is 19.1. The number of aliphatic hydroxyl groups excluding tert-OH is 2. The fourth-order valence-corrected chi connectivity index (χ4v) is 5.01. The molecule has 8 atom stereocenters. The summed E-state index contributed by atoms with van der Waals surface area (Å²) in [6.07, 6.45) is -3.71. The van der Waals surface area contributed by atoms with Crippen LogP contribution in [0.1, 0.15) is 39.6 Å². The summed E-state index contributed by atoms with van der Waals surface area (Å²) in [4.78, 5) is 46.5. The molecule has 0 saturated carbocycles. The lowest BCUT2D eigenvalue weighted by Gasteiger charge is -2.17. The number of esters is 1. The van der Waals surface area contributed by atoms with Gasteiger partial charge in [0.15, 0.2) is 59.3 Å². The van der Waals surface area contributed by atoms with Gasteiger partial charge in [0.25, 0.3) is 0 Å². The Balaban J connectivity index is 0.000000181. The molecule has 17 nitrogen and oxygen atoms in total. The number of ether oxygens (including phenoxy) is 3. The van der Waals surface area contributed by atoms with Gasteiger partial charge in [-0.1, -0.05) is 6.92 Å². The summed E-state index contributed by atoms with van der Waals surface area (Å²) in [5.74, 6) is -0.471. The number of alkyl halides is 2. The van der Waals surface area contributed by atoms with Gasteiger partial charge in [-0.3, -0.25) is 18.7 Å². The second-order valence-corrected chi connectivity index (χ2v) is 9.98. The first-order valence-corrected chi connectivity index (χ1v) is 13.5. The van der Waals surface area contributed by atoms with Gasteiger partial charge in [0.1, 0.15) is 36.5 Å². The van der Waals surface area contributed by atoms with Gasteiger partial charge in [0, 0.05) is 13.8 Å². The number of aliphatic hydroxyl groups is 2. The van der Waals surface area contributed by atoms with Crippen LogP contribution in [0.5, 0.6) is 0 Å². The van der Waals surface area contributed by atoms with Crippen LogP contribution in [-0.2, 0) is 23.8 Å². The number of nitrogens with zero attached hydrogens (tertiary/aromatic N) is 8. The third-order valence-corrected chi connectivity index (χ3v) is 7.03. The number of anilines is 2. The maximum atomic E-state index is 14.9. The Morgan fingerprint density at radius 2 is 1.55 bits per heavy atom. The first kappa shape index (κ1) is 31.0. The number of hydrogen-bond donors (Lipinski definition) is 4. The van der Waals surface area contributed by atoms with E-state index in [1.54, 1.807) is 0 Å². The summed E-state index contributed by atoms with van der Waals surface area (Å²) in [5.41, 5.74) is 6.90. The van der Waals surface area contributed by atoms with E-state index in [1.165, 1.54) is 48.3 Å². The molecule has 0 aromatic carbocycles. The van der Waals surface area contributed by atoms with Crippen LogP contribution in [0.2, 0.25) is 0 Å². The molecule has 4 aromatic rings. The molecule has 0 bridgehead atoms. The quantitative estimate of drug-likeness (QED) is 0.214. The molecule has 2 saturated heterocycles. The van der Waals surface area contributed by atoms with E-state index in [9.17, 15) is 23.5 Å². The van der Waals surface area contributed by atoms with Crippen LogP contribution in [0.4, 0.5) is 20.4 Å². The summed E-state index contributed by atoms with van der Waals surface area (Å²) in [5, 5.41) is 21.2. The maximum absolute atomic E-state index is 14.9. The normalized spacial score (nSPS) is 28.2. The van der Waals surface area contributed by atoms with Gasteiger partial charge in [0.05, 0.1) is 19.3 Å². The van der Waals surface area contributed by atoms with Gasteiger partial charge in [0.2, 0.25) is 5.91 Å². The predicted molar refractivity (Wildman–Crippen MR) is 146 cm³/mol. The van der Waals surface area contributed by atoms with Crippen molar-refractivity contribution in [3.8, 4) is 0 Å². The van der Waals surface area contributed by atoms with Crippen molar-refractivity contribution >= 4 is 45.8 Å². The van der Waals surface area contributed by atoms with E-state index in [0.29, 0.717) is 28.7 Å². The Morgan fingerprint density at radius 3 is 2.14 bits per heavy atom. The molecule has 2 unspecified atom stereocenters. The molecule has 1 amide bonds. The Bertz CT molecular complexity index is 1650. The third kappa shape index (κ3) is 5.73. The summed E-state index contributed by atoms with van der Waals surface area (Å²) >= 11 is 0. The van der Waals surface area contributed by atoms with E-state index >= 15 is 0 Å². The second kappa shape index (κ2) is 12.6. The number of halogens is 2. The molecule has 44 heavy (non-hydrogen) atoms. The number of carbonyl (C=O) groups is 2. The van der Waals surface area contributed by atoms with Crippen molar-refractivity contribution in [2.24, 2.45) is 0 Å². The lowest BCUT2D eigenvalue weighted by molar-refractivity contribution is -0.151. The number of amides is 1. The minimum absolute atomic E-state index is 0.177. The highest BCUT2D eigenvalue weighted by Gasteiger charge is 2.48. The van der Waals surface area contributed by atoms with Crippen molar-refractivity contribution < 1.29 is 42.8 Å². The zero-order valence-electron chi connectivity index (χ0n) is 23.7. The van der Waals surface area contributed by atoms with Gasteiger partial charge in [-0.2, -0.15) is 0 Å². The molecule has 2 fully saturated rings. The summed E-state index contributed by atoms with van der Waals surface area (Å²) in [6.45, 7) is 3.92. The molecule has 2 aliphatic rings. The number of carbonyl (C=O) groups excluding carboxylic acids is 2. The average molecular weight is 621 g/mol. The van der Waals surface area contributed by atoms with Gasteiger partial charge in [-0.15, -0.1) is 0 Å². The predicted octanol–water partition coefficient (Wildman–Crippen LogP) is 0.359.